The fourth-order valence-corrected chi connectivity index (χ4v) is 12.4. The molecule has 6 N–H and O–H groups in total. The van der Waals surface area contributed by atoms with Crippen LogP contribution in [0.15, 0.2) is 146 Å². The predicted molar refractivity (Wildman–Crippen MR) is 318 cm³/mol. The maximum Gasteiger partial charge on any atom is 2.00 e. The van der Waals surface area contributed by atoms with Crippen LogP contribution in [-0.4, -0.2) is 131 Å². The van der Waals surface area contributed by atoms with Crippen LogP contribution in [0.4, 0.5) is 31.5 Å². The minimum Gasteiger partial charge on any atom is -0.550 e. The minimum atomic E-state index is -1.66. The SMILES string of the molecule is CC(C)C1(C(=O)Nc2ccccc2)C(=O)N(CCC(O)CC(O)CC(=O)[O-])c2c1c1ccccc1c1cc(F)ccc21.CC(C)C1(C(=O)Nc2ccccc2)C(=O)N(CC[C@@H](O)C[C@@H](O)CC(=O)[O-])c2c1c1ccccc1c1cc(F)ccc21.[Ca+2]. The number of hydrogen-bond donors (Lipinski definition) is 6. The second-order valence-corrected chi connectivity index (χ2v) is 22.2. The third-order valence-electron chi connectivity index (χ3n) is 16.2. The Morgan fingerprint density at radius 3 is 1.13 bits per heavy atom. The molecule has 8 aromatic rings. The number of aliphatic hydroxyl groups excluding tert-OH is 4. The van der Waals surface area contributed by atoms with Gasteiger partial charge in [0.2, 0.25) is 23.6 Å². The average molecular weight is 1180 g/mol. The molecule has 0 fully saturated rings. The maximum atomic E-state index is 14.7. The van der Waals surface area contributed by atoms with Gasteiger partial charge >= 0.3 is 37.7 Å². The fourth-order valence-electron chi connectivity index (χ4n) is 12.4. The number of rotatable bonds is 20. The summed E-state index contributed by atoms with van der Waals surface area (Å²) in [5, 5.41) is 73.9. The number of carboxylic acid groups (broad SMARTS) is 2. The van der Waals surface area contributed by atoms with Crippen LogP contribution in [-0.2, 0) is 39.6 Å². The standard InChI is InChI=1S/2C33H33FN2O6.Ca/c2*1-19(2)33(31(41)35-21-8-4-3-5-9-21)29-25-11-7-6-10-24(25)27-16-20(34)12-13-26(27)30(29)36(32(33)42)15-14-22(37)17-23(38)18-28(39)40;/h2*3-13,16,19,22-23,37-38H,14-15,17-18H2,1-2H3,(H,35,41)(H,39,40);/q;;+2/p-2/t22-,23-,33?;;/m1../s1. The van der Waals surface area contributed by atoms with Crippen LogP contribution >= 0.6 is 0 Å². The molecule has 2 aliphatic rings. The van der Waals surface area contributed by atoms with Gasteiger partial charge in [0.15, 0.2) is 10.8 Å². The number of hydrogen-bond acceptors (Lipinski definition) is 12. The van der Waals surface area contributed by atoms with Crippen molar-refractivity contribution in [1.29, 1.82) is 0 Å². The molecule has 10 rings (SSSR count). The van der Waals surface area contributed by atoms with E-state index in [1.807, 2.05) is 88.4 Å². The van der Waals surface area contributed by atoms with E-state index in [1.54, 1.807) is 60.7 Å². The van der Waals surface area contributed by atoms with Crippen molar-refractivity contribution in [2.45, 2.75) is 101 Å². The van der Waals surface area contributed by atoms with Gasteiger partial charge in [-0.1, -0.05) is 113 Å². The molecule has 0 bridgehead atoms. The first kappa shape index (κ1) is 63.6. The van der Waals surface area contributed by atoms with Gasteiger partial charge in [-0.05, 0) is 131 Å². The average Bonchev–Trinajstić information content (AvgIpc) is 1.58. The molecule has 8 aromatic carbocycles. The first-order valence-electron chi connectivity index (χ1n) is 27.9. The number of amides is 4. The molecule has 19 heteroatoms. The molecule has 436 valence electrons. The Morgan fingerprint density at radius 1 is 0.471 bits per heavy atom. The molecule has 6 atom stereocenters. The number of aliphatic hydroxyl groups is 4. The number of nitrogens with one attached hydrogen (secondary N) is 2. The van der Waals surface area contributed by atoms with Crippen LogP contribution in [0.25, 0.3) is 43.1 Å². The summed E-state index contributed by atoms with van der Waals surface area (Å²) in [5.74, 6) is -6.75. The second-order valence-electron chi connectivity index (χ2n) is 22.2. The van der Waals surface area contributed by atoms with Crippen LogP contribution in [0, 0.1) is 23.5 Å². The van der Waals surface area contributed by atoms with E-state index in [0.29, 0.717) is 77.0 Å². The van der Waals surface area contributed by atoms with E-state index >= 15 is 0 Å². The molecular formula is C66H64CaF2N4O12. The number of carboxylic acids is 2. The number of carbonyl (C=O) groups excluding carboxylic acids is 6. The Balaban J connectivity index is 0.000000219. The van der Waals surface area contributed by atoms with E-state index in [9.17, 15) is 68.2 Å². The van der Waals surface area contributed by atoms with E-state index in [0.717, 1.165) is 0 Å². The molecule has 0 radical (unpaired) electrons. The quantitative estimate of drug-likeness (QED) is 0.0258. The van der Waals surface area contributed by atoms with Gasteiger partial charge in [-0.2, -0.15) is 0 Å². The molecule has 4 amide bonds. The summed E-state index contributed by atoms with van der Waals surface area (Å²) in [6, 6.07) is 40.9. The van der Waals surface area contributed by atoms with Gasteiger partial charge in [0.25, 0.3) is 0 Å². The van der Waals surface area contributed by atoms with Gasteiger partial charge in [0.1, 0.15) is 11.6 Å². The van der Waals surface area contributed by atoms with Crippen molar-refractivity contribution in [2.24, 2.45) is 11.8 Å². The first-order valence-corrected chi connectivity index (χ1v) is 27.9. The molecule has 0 saturated carbocycles. The number of para-hydroxylation sites is 2. The Labute approximate surface area is 519 Å². The van der Waals surface area contributed by atoms with Gasteiger partial charge in [-0.25, -0.2) is 8.78 Å². The van der Waals surface area contributed by atoms with E-state index in [2.05, 4.69) is 10.6 Å². The summed E-state index contributed by atoms with van der Waals surface area (Å²) in [5.41, 5.74) is -0.311. The van der Waals surface area contributed by atoms with Gasteiger partial charge < -0.3 is 60.7 Å². The van der Waals surface area contributed by atoms with Crippen molar-refractivity contribution in [3.8, 4) is 0 Å². The Bertz CT molecular complexity index is 3600. The molecule has 0 saturated heterocycles. The second kappa shape index (κ2) is 26.5. The largest absolute Gasteiger partial charge is 2.00 e. The zero-order valence-electron chi connectivity index (χ0n) is 47.4. The van der Waals surface area contributed by atoms with Crippen molar-refractivity contribution < 1.29 is 68.2 Å². The predicted octanol–water partition coefficient (Wildman–Crippen LogP) is 6.93. The number of halogens is 2. The molecule has 85 heavy (non-hydrogen) atoms. The molecule has 0 spiro atoms. The fraction of sp³-hybridized carbons (Fsp3) is 0.303. The van der Waals surface area contributed by atoms with Gasteiger partial charge in [0, 0.05) is 71.1 Å². The van der Waals surface area contributed by atoms with Gasteiger partial charge in [-0.15, -0.1) is 0 Å². The molecule has 16 nitrogen and oxygen atoms in total. The minimum absolute atomic E-state index is 0. The van der Waals surface area contributed by atoms with Gasteiger partial charge in [0.05, 0.1) is 35.8 Å². The van der Waals surface area contributed by atoms with Crippen molar-refractivity contribution in [3.63, 3.8) is 0 Å². The van der Waals surface area contributed by atoms with E-state index in [-0.39, 0.29) is 76.5 Å². The normalized spacial score (nSPS) is 17.7. The van der Waals surface area contributed by atoms with Crippen LogP contribution in [0.2, 0.25) is 0 Å². The van der Waals surface area contributed by atoms with Crippen LogP contribution in [0.3, 0.4) is 0 Å². The molecule has 2 heterocycles. The monoisotopic (exact) mass is 1180 g/mol. The van der Waals surface area contributed by atoms with E-state index in [1.165, 1.54) is 34.1 Å². The third-order valence-corrected chi connectivity index (χ3v) is 16.2. The van der Waals surface area contributed by atoms with Crippen LogP contribution in [0.1, 0.15) is 77.3 Å². The Morgan fingerprint density at radius 2 is 0.800 bits per heavy atom. The van der Waals surface area contributed by atoms with Crippen LogP contribution < -0.4 is 30.6 Å². The summed E-state index contributed by atoms with van der Waals surface area (Å²) >= 11 is 0. The molecular weight excluding hydrogens is 1120 g/mol. The third kappa shape index (κ3) is 12.2. The topological polar surface area (TPSA) is 260 Å². The van der Waals surface area contributed by atoms with Gasteiger partial charge in [-0.3, -0.25) is 19.2 Å². The Hall–Kier alpha value is -7.42. The molecule has 0 aliphatic carbocycles. The molecule has 2 aliphatic heterocycles. The first-order chi connectivity index (χ1) is 40.1. The van der Waals surface area contributed by atoms with Crippen molar-refractivity contribution in [2.75, 3.05) is 33.5 Å². The number of anilines is 4. The summed E-state index contributed by atoms with van der Waals surface area (Å²) in [6.07, 6.45) is -6.59. The number of nitrogens with zero attached hydrogens (tertiary/aromatic N) is 2. The summed E-state index contributed by atoms with van der Waals surface area (Å²) in [7, 11) is 0. The number of aliphatic carboxylic acids is 2. The number of benzene rings is 8. The zero-order valence-corrected chi connectivity index (χ0v) is 49.6. The molecule has 0 aromatic heterocycles. The summed E-state index contributed by atoms with van der Waals surface area (Å²) < 4.78 is 29.1. The number of fused-ring (bicyclic) bond motifs is 12. The number of carbonyl (C=O) groups is 6. The summed E-state index contributed by atoms with van der Waals surface area (Å²) in [4.78, 5) is 82.7. The van der Waals surface area contributed by atoms with Crippen molar-refractivity contribution >= 4 is 139 Å². The zero-order chi connectivity index (χ0) is 60.4. The van der Waals surface area contributed by atoms with Crippen LogP contribution in [0.5, 0.6) is 0 Å². The maximum absolute atomic E-state index is 14.7. The Kier molecular flexibility index (Phi) is 19.8. The summed E-state index contributed by atoms with van der Waals surface area (Å²) in [6.45, 7) is 7.19. The molecule has 4 unspecified atom stereocenters. The van der Waals surface area contributed by atoms with Crippen molar-refractivity contribution in [3.05, 3.63) is 168 Å². The smallest absolute Gasteiger partial charge is 0.550 e. The van der Waals surface area contributed by atoms with E-state index < -0.39 is 107 Å². The van der Waals surface area contributed by atoms with Crippen molar-refractivity contribution in [1.82, 2.24) is 0 Å². The van der Waals surface area contributed by atoms with E-state index in [4.69, 9.17) is 0 Å².